The quantitative estimate of drug-likeness (QED) is 0.241. The van der Waals surface area contributed by atoms with Crippen LogP contribution in [0, 0.1) is 6.92 Å². The highest BCUT2D eigenvalue weighted by Gasteiger charge is 2.29. The largest absolute Gasteiger partial charge is 0.379 e. The summed E-state index contributed by atoms with van der Waals surface area (Å²) in [4.78, 5) is 17.3. The van der Waals surface area contributed by atoms with Crippen LogP contribution in [0.25, 0.3) is 16.9 Å². The first-order chi connectivity index (χ1) is 22.2. The highest BCUT2D eigenvalue weighted by Crippen LogP contribution is 2.41. The van der Waals surface area contributed by atoms with Gasteiger partial charge in [-0.3, -0.25) is 9.80 Å². The average molecular weight is 618 g/mol. The van der Waals surface area contributed by atoms with Crippen LogP contribution in [0.4, 0.5) is 17.2 Å². The van der Waals surface area contributed by atoms with Crippen LogP contribution in [0.2, 0.25) is 0 Å². The predicted octanol–water partition coefficient (Wildman–Crippen LogP) is 6.93. The van der Waals surface area contributed by atoms with Crippen molar-refractivity contribution in [2.45, 2.75) is 58.5 Å². The van der Waals surface area contributed by atoms with Gasteiger partial charge in [-0.25, -0.2) is 9.97 Å². The van der Waals surface area contributed by atoms with E-state index in [4.69, 9.17) is 9.72 Å². The van der Waals surface area contributed by atoms with Crippen molar-refractivity contribution in [1.29, 1.82) is 0 Å². The molecule has 0 amide bonds. The maximum atomic E-state index is 5.51. The zero-order valence-corrected chi connectivity index (χ0v) is 28.0. The van der Waals surface area contributed by atoms with Crippen LogP contribution in [0.3, 0.4) is 0 Å². The molecule has 0 saturated carbocycles. The van der Waals surface area contributed by atoms with E-state index >= 15 is 0 Å². The van der Waals surface area contributed by atoms with Crippen LogP contribution >= 0.6 is 0 Å². The Morgan fingerprint density at radius 2 is 1.83 bits per heavy atom. The number of rotatable bonds is 7. The molecule has 0 spiro atoms. The number of nitrogens with one attached hydrogen (secondary N) is 1. The standard InChI is InChI=1S/C38H47N7O/c1-27-31(14-15-32(38(2,3)4)35(27)44-18-6-8-29(25-44)34-9-7-17-42(34)5)33-26-45-19-16-39-37(45)36(41-33)40-30-12-10-28(11-13-30)24-43-20-22-46-23-21-43/h6,8,10-16,19,25-26,34H,7,9,17-18,20-24H2,1-5H3,(H,40,41). The second-order valence-corrected chi connectivity index (χ2v) is 14.1. The van der Waals surface area contributed by atoms with E-state index in [2.05, 4.69) is 125 Å². The number of morpholine rings is 1. The number of nitrogens with zero attached hydrogens (tertiary/aromatic N) is 6. The number of anilines is 3. The van der Waals surface area contributed by atoms with Crippen molar-refractivity contribution in [1.82, 2.24) is 24.2 Å². The van der Waals surface area contributed by atoms with Crippen molar-refractivity contribution >= 4 is 22.8 Å². The molecule has 1 atom stereocenters. The first-order valence-electron chi connectivity index (χ1n) is 16.7. The number of likely N-dealkylation sites (tertiary alicyclic amines) is 1. The Balaban J connectivity index is 1.23. The number of likely N-dealkylation sites (N-methyl/N-ethyl adjacent to an activating group) is 1. The van der Waals surface area contributed by atoms with Gasteiger partial charge >= 0.3 is 0 Å². The normalized spacial score (nSPS) is 19.6. The topological polar surface area (TPSA) is 61.2 Å². The third-order valence-corrected chi connectivity index (χ3v) is 9.73. The van der Waals surface area contributed by atoms with Crippen molar-refractivity contribution in [2.24, 2.45) is 0 Å². The van der Waals surface area contributed by atoms with E-state index in [1.165, 1.54) is 40.8 Å². The summed E-state index contributed by atoms with van der Waals surface area (Å²) in [5.74, 6) is 0.747. The lowest BCUT2D eigenvalue weighted by atomic mass is 9.82. The van der Waals surface area contributed by atoms with Crippen LogP contribution in [0.5, 0.6) is 0 Å². The lowest BCUT2D eigenvalue weighted by Gasteiger charge is -2.34. The summed E-state index contributed by atoms with van der Waals surface area (Å²) in [6.07, 6.45) is 15.5. The molecule has 8 heteroatoms. The third-order valence-electron chi connectivity index (χ3n) is 9.73. The molecule has 2 fully saturated rings. The number of imidazole rings is 1. The van der Waals surface area contributed by atoms with Crippen molar-refractivity contribution in [2.75, 3.05) is 56.7 Å². The Morgan fingerprint density at radius 3 is 2.57 bits per heavy atom. The van der Waals surface area contributed by atoms with Gasteiger partial charge in [0.1, 0.15) is 0 Å². The smallest absolute Gasteiger partial charge is 0.180 e. The molecule has 0 bridgehead atoms. The summed E-state index contributed by atoms with van der Waals surface area (Å²) in [5.41, 5.74) is 10.4. The van der Waals surface area contributed by atoms with Crippen molar-refractivity contribution in [3.8, 4) is 11.3 Å². The first kappa shape index (κ1) is 30.7. The van der Waals surface area contributed by atoms with Crippen molar-refractivity contribution in [3.05, 3.63) is 95.6 Å². The number of ether oxygens (including phenoxy) is 1. The van der Waals surface area contributed by atoms with Gasteiger partial charge in [-0.15, -0.1) is 0 Å². The molecule has 8 nitrogen and oxygen atoms in total. The van der Waals surface area contributed by atoms with Gasteiger partial charge in [0.05, 0.1) is 18.9 Å². The lowest BCUT2D eigenvalue weighted by molar-refractivity contribution is 0.0342. The lowest BCUT2D eigenvalue weighted by Crippen LogP contribution is -2.35. The second kappa shape index (κ2) is 12.7. The summed E-state index contributed by atoms with van der Waals surface area (Å²) in [6.45, 7) is 15.7. The van der Waals surface area contributed by atoms with Gasteiger partial charge in [0.2, 0.25) is 0 Å². The number of aromatic nitrogens is 3. The summed E-state index contributed by atoms with van der Waals surface area (Å²) in [5, 5.41) is 3.59. The van der Waals surface area contributed by atoms with Crippen LogP contribution in [0.1, 0.15) is 50.3 Å². The van der Waals surface area contributed by atoms with E-state index < -0.39 is 0 Å². The molecule has 1 N–H and O–H groups in total. The predicted molar refractivity (Wildman–Crippen MR) is 188 cm³/mol. The van der Waals surface area contributed by atoms with E-state index in [1.807, 2.05) is 12.4 Å². The van der Waals surface area contributed by atoms with E-state index in [9.17, 15) is 0 Å². The molecule has 3 aliphatic rings. The van der Waals surface area contributed by atoms with E-state index in [0.29, 0.717) is 6.04 Å². The minimum absolute atomic E-state index is 0.0136. The van der Waals surface area contributed by atoms with Gasteiger partial charge in [0.25, 0.3) is 0 Å². The average Bonchev–Trinajstić information content (AvgIpc) is 3.71. The highest BCUT2D eigenvalue weighted by molar-refractivity contribution is 5.79. The SMILES string of the molecule is Cc1c(-c2cn3ccnc3c(Nc3ccc(CN4CCOCC4)cc3)n2)ccc(C(C)(C)C)c1N1C=C(C2CCCN2C)C=CC1. The zero-order chi connectivity index (χ0) is 31.8. The molecule has 240 valence electrons. The number of hydrogen-bond donors (Lipinski definition) is 1. The summed E-state index contributed by atoms with van der Waals surface area (Å²) >= 11 is 0. The molecule has 7 rings (SSSR count). The maximum Gasteiger partial charge on any atom is 0.180 e. The Hall–Kier alpha value is -3.98. The fourth-order valence-corrected chi connectivity index (χ4v) is 7.21. The summed E-state index contributed by atoms with van der Waals surface area (Å²) in [6, 6.07) is 13.7. The zero-order valence-electron chi connectivity index (χ0n) is 28.0. The summed E-state index contributed by atoms with van der Waals surface area (Å²) in [7, 11) is 2.25. The molecule has 4 aromatic rings. The number of benzene rings is 2. The molecule has 2 aromatic heterocycles. The Kier molecular flexibility index (Phi) is 8.44. The molecule has 0 aliphatic carbocycles. The van der Waals surface area contributed by atoms with Crippen LogP contribution < -0.4 is 10.2 Å². The van der Waals surface area contributed by atoms with Gasteiger partial charge in [0.15, 0.2) is 11.5 Å². The van der Waals surface area contributed by atoms with E-state index in [-0.39, 0.29) is 5.41 Å². The molecule has 3 aliphatic heterocycles. The van der Waals surface area contributed by atoms with Gasteiger partial charge in [-0.1, -0.05) is 57.2 Å². The van der Waals surface area contributed by atoms with Gasteiger partial charge in [-0.05, 0) is 73.2 Å². The fourth-order valence-electron chi connectivity index (χ4n) is 7.21. The molecule has 1 unspecified atom stereocenters. The first-order valence-corrected chi connectivity index (χ1v) is 16.7. The van der Waals surface area contributed by atoms with Gasteiger partial charge in [0, 0.05) is 73.9 Å². The van der Waals surface area contributed by atoms with E-state index in [0.717, 1.165) is 74.3 Å². The second-order valence-electron chi connectivity index (χ2n) is 14.1. The summed E-state index contributed by atoms with van der Waals surface area (Å²) < 4.78 is 7.58. The Bertz CT molecular complexity index is 1760. The number of fused-ring (bicyclic) bond motifs is 1. The van der Waals surface area contributed by atoms with Crippen molar-refractivity contribution < 1.29 is 4.74 Å². The van der Waals surface area contributed by atoms with Crippen molar-refractivity contribution in [3.63, 3.8) is 0 Å². The molecule has 2 aromatic carbocycles. The Morgan fingerprint density at radius 1 is 1.02 bits per heavy atom. The monoisotopic (exact) mass is 617 g/mol. The molecule has 2 saturated heterocycles. The van der Waals surface area contributed by atoms with Crippen LogP contribution in [-0.2, 0) is 16.7 Å². The number of hydrogen-bond acceptors (Lipinski definition) is 7. The molecular weight excluding hydrogens is 570 g/mol. The Labute approximate surface area is 273 Å². The van der Waals surface area contributed by atoms with Gasteiger partial charge < -0.3 is 19.4 Å². The molecular formula is C38H47N7O. The van der Waals surface area contributed by atoms with Gasteiger partial charge in [-0.2, -0.15) is 0 Å². The van der Waals surface area contributed by atoms with Crippen LogP contribution in [0.15, 0.2) is 78.9 Å². The fraction of sp³-hybridized carbons (Fsp3) is 0.421. The third kappa shape index (κ3) is 6.21. The molecule has 46 heavy (non-hydrogen) atoms. The highest BCUT2D eigenvalue weighted by atomic mass is 16.5. The van der Waals surface area contributed by atoms with Crippen LogP contribution in [-0.4, -0.2) is 76.7 Å². The molecule has 5 heterocycles. The van der Waals surface area contributed by atoms with E-state index in [1.54, 1.807) is 0 Å². The molecule has 0 radical (unpaired) electrons. The minimum Gasteiger partial charge on any atom is -0.379 e. The maximum absolute atomic E-state index is 5.51. The minimum atomic E-state index is -0.0136.